The summed E-state index contributed by atoms with van der Waals surface area (Å²) in [7, 11) is 0. The van der Waals surface area contributed by atoms with E-state index in [4.69, 9.17) is 0 Å². The highest BCUT2D eigenvalue weighted by Crippen LogP contribution is 2.24. The average molecular weight is 268 g/mol. The van der Waals surface area contributed by atoms with Gasteiger partial charge in [0.05, 0.1) is 5.88 Å². The van der Waals surface area contributed by atoms with Gasteiger partial charge in [0.25, 0.3) is 0 Å². The normalized spacial score (nSPS) is 23.3. The Balaban J connectivity index is 2.05. The van der Waals surface area contributed by atoms with Gasteiger partial charge in [-0.3, -0.25) is 9.59 Å². The molecule has 2 saturated heterocycles. The van der Waals surface area contributed by atoms with Crippen LogP contribution in [0.3, 0.4) is 0 Å². The molecule has 0 N–H and O–H groups in total. The minimum atomic E-state index is -0.254. The predicted octanol–water partition coefficient (Wildman–Crippen LogP) is 1.48. The van der Waals surface area contributed by atoms with Gasteiger partial charge in [-0.2, -0.15) is 0 Å². The molecule has 1 atom stereocenters. The van der Waals surface area contributed by atoms with Gasteiger partial charge in [-0.15, -0.1) is 11.8 Å². The number of nitrogens with zero attached hydrogens (tertiary/aromatic N) is 2. The van der Waals surface area contributed by atoms with Crippen molar-refractivity contribution in [1.82, 2.24) is 9.80 Å². The van der Waals surface area contributed by atoms with Crippen LogP contribution in [0.5, 0.6) is 0 Å². The van der Waals surface area contributed by atoms with Crippen molar-refractivity contribution in [1.29, 1.82) is 0 Å². The zero-order valence-corrected chi connectivity index (χ0v) is 11.8. The van der Waals surface area contributed by atoms with Crippen LogP contribution in [0.1, 0.15) is 26.7 Å². The van der Waals surface area contributed by atoms with E-state index in [1.807, 2.05) is 18.7 Å². The lowest BCUT2D eigenvalue weighted by Crippen LogP contribution is -2.47. The SMILES string of the molecule is CC(C)=CC(=O)N1CSCC1C(=O)N1CCCC1. The van der Waals surface area contributed by atoms with Crippen molar-refractivity contribution in [2.24, 2.45) is 0 Å². The van der Waals surface area contributed by atoms with Crippen LogP contribution in [-0.2, 0) is 9.59 Å². The predicted molar refractivity (Wildman–Crippen MR) is 73.2 cm³/mol. The molecule has 0 aliphatic carbocycles. The van der Waals surface area contributed by atoms with Gasteiger partial charge in [0.2, 0.25) is 11.8 Å². The molecule has 0 radical (unpaired) electrons. The molecule has 4 nitrogen and oxygen atoms in total. The molecular weight excluding hydrogens is 248 g/mol. The van der Waals surface area contributed by atoms with Crippen LogP contribution in [-0.4, -0.2) is 52.4 Å². The van der Waals surface area contributed by atoms with Crippen LogP contribution in [0.15, 0.2) is 11.6 Å². The third kappa shape index (κ3) is 2.88. The number of hydrogen-bond acceptors (Lipinski definition) is 3. The second kappa shape index (κ2) is 5.78. The molecule has 100 valence electrons. The highest BCUT2D eigenvalue weighted by molar-refractivity contribution is 7.99. The van der Waals surface area contributed by atoms with Crippen molar-refractivity contribution >= 4 is 23.6 Å². The Morgan fingerprint density at radius 1 is 1.22 bits per heavy atom. The van der Waals surface area contributed by atoms with E-state index in [1.165, 1.54) is 0 Å². The van der Waals surface area contributed by atoms with E-state index >= 15 is 0 Å². The van der Waals surface area contributed by atoms with Crippen LogP contribution in [0.4, 0.5) is 0 Å². The zero-order valence-electron chi connectivity index (χ0n) is 11.0. The fourth-order valence-electron chi connectivity index (χ4n) is 2.34. The van der Waals surface area contributed by atoms with Gasteiger partial charge in [-0.25, -0.2) is 0 Å². The lowest BCUT2D eigenvalue weighted by Gasteiger charge is -2.26. The van der Waals surface area contributed by atoms with Crippen molar-refractivity contribution in [2.75, 3.05) is 24.7 Å². The van der Waals surface area contributed by atoms with Gasteiger partial charge < -0.3 is 9.80 Å². The number of likely N-dealkylation sites (tertiary alicyclic amines) is 1. The molecule has 2 aliphatic heterocycles. The minimum absolute atomic E-state index is 0.0300. The van der Waals surface area contributed by atoms with Gasteiger partial charge in [0.15, 0.2) is 0 Å². The molecule has 0 bridgehead atoms. The van der Waals surface area contributed by atoms with Gasteiger partial charge >= 0.3 is 0 Å². The number of amides is 2. The average Bonchev–Trinajstić information content (AvgIpc) is 2.98. The van der Waals surface area contributed by atoms with E-state index in [9.17, 15) is 9.59 Å². The number of carbonyl (C=O) groups is 2. The Bertz CT molecular complexity index is 371. The topological polar surface area (TPSA) is 40.6 Å². The Labute approximate surface area is 112 Å². The minimum Gasteiger partial charge on any atom is -0.341 e. The van der Waals surface area contributed by atoms with Crippen LogP contribution in [0, 0.1) is 0 Å². The van der Waals surface area contributed by atoms with E-state index in [0.29, 0.717) is 5.88 Å². The molecule has 2 heterocycles. The summed E-state index contributed by atoms with van der Waals surface area (Å²) in [5.74, 6) is 1.47. The molecule has 0 saturated carbocycles. The lowest BCUT2D eigenvalue weighted by molar-refractivity contribution is -0.140. The Morgan fingerprint density at radius 3 is 2.50 bits per heavy atom. The van der Waals surface area contributed by atoms with Gasteiger partial charge in [-0.1, -0.05) is 5.57 Å². The highest BCUT2D eigenvalue weighted by Gasteiger charge is 2.36. The molecule has 5 heteroatoms. The van der Waals surface area contributed by atoms with E-state index in [0.717, 1.165) is 37.3 Å². The molecule has 2 aliphatic rings. The monoisotopic (exact) mass is 268 g/mol. The van der Waals surface area contributed by atoms with Crippen LogP contribution in [0.25, 0.3) is 0 Å². The maximum atomic E-state index is 12.3. The fourth-order valence-corrected chi connectivity index (χ4v) is 3.50. The summed E-state index contributed by atoms with van der Waals surface area (Å²) in [5, 5.41) is 0. The van der Waals surface area contributed by atoms with Gasteiger partial charge in [-0.05, 0) is 26.7 Å². The maximum Gasteiger partial charge on any atom is 0.247 e. The van der Waals surface area contributed by atoms with E-state index in [-0.39, 0.29) is 17.9 Å². The lowest BCUT2D eigenvalue weighted by atomic mass is 10.2. The number of rotatable bonds is 2. The maximum absolute atomic E-state index is 12.3. The van der Waals surface area contributed by atoms with E-state index in [1.54, 1.807) is 22.7 Å². The molecule has 0 spiro atoms. The van der Waals surface area contributed by atoms with Crippen molar-refractivity contribution in [3.8, 4) is 0 Å². The van der Waals surface area contributed by atoms with Crippen LogP contribution < -0.4 is 0 Å². The van der Waals surface area contributed by atoms with Crippen molar-refractivity contribution in [2.45, 2.75) is 32.7 Å². The third-order valence-electron chi connectivity index (χ3n) is 3.28. The second-order valence-electron chi connectivity index (χ2n) is 5.08. The fraction of sp³-hybridized carbons (Fsp3) is 0.692. The molecule has 0 aromatic carbocycles. The Kier molecular flexibility index (Phi) is 4.32. The van der Waals surface area contributed by atoms with Crippen LogP contribution >= 0.6 is 11.8 Å². The summed E-state index contributed by atoms with van der Waals surface area (Å²) in [5.41, 5.74) is 0.976. The van der Waals surface area contributed by atoms with E-state index < -0.39 is 0 Å². The van der Waals surface area contributed by atoms with Crippen molar-refractivity contribution < 1.29 is 9.59 Å². The van der Waals surface area contributed by atoms with Crippen molar-refractivity contribution in [3.05, 3.63) is 11.6 Å². The third-order valence-corrected chi connectivity index (χ3v) is 4.29. The summed E-state index contributed by atoms with van der Waals surface area (Å²) in [4.78, 5) is 28.0. The molecule has 2 amide bonds. The first-order valence-electron chi connectivity index (χ1n) is 6.41. The molecule has 0 aromatic heterocycles. The zero-order chi connectivity index (χ0) is 13.1. The molecule has 1 unspecified atom stereocenters. The summed E-state index contributed by atoms with van der Waals surface area (Å²) in [6.45, 7) is 5.51. The van der Waals surface area contributed by atoms with Gasteiger partial charge in [0, 0.05) is 24.9 Å². The smallest absolute Gasteiger partial charge is 0.247 e. The summed E-state index contributed by atoms with van der Waals surface area (Å²) in [6.07, 6.45) is 3.80. The standard InChI is InChI=1S/C13H20N2O2S/c1-10(2)7-12(16)15-9-18-8-11(15)13(17)14-5-3-4-6-14/h7,11H,3-6,8-9H2,1-2H3. The summed E-state index contributed by atoms with van der Waals surface area (Å²) < 4.78 is 0. The largest absolute Gasteiger partial charge is 0.341 e. The Morgan fingerprint density at radius 2 is 1.89 bits per heavy atom. The van der Waals surface area contributed by atoms with E-state index in [2.05, 4.69) is 0 Å². The molecule has 0 aromatic rings. The van der Waals surface area contributed by atoms with Crippen LogP contribution in [0.2, 0.25) is 0 Å². The number of hydrogen-bond donors (Lipinski definition) is 0. The quantitative estimate of drug-likeness (QED) is 0.712. The van der Waals surface area contributed by atoms with Crippen molar-refractivity contribution in [3.63, 3.8) is 0 Å². The molecule has 2 rings (SSSR count). The summed E-state index contributed by atoms with van der Waals surface area (Å²) >= 11 is 1.66. The molecule has 18 heavy (non-hydrogen) atoms. The first-order chi connectivity index (χ1) is 8.59. The first-order valence-corrected chi connectivity index (χ1v) is 7.57. The van der Waals surface area contributed by atoms with Gasteiger partial charge in [0.1, 0.15) is 6.04 Å². The second-order valence-corrected chi connectivity index (χ2v) is 6.08. The first kappa shape index (κ1) is 13.5. The number of carbonyl (C=O) groups excluding carboxylic acids is 2. The molecular formula is C13H20N2O2S. The molecule has 2 fully saturated rings. The number of allylic oxidation sites excluding steroid dienone is 1. The highest BCUT2D eigenvalue weighted by atomic mass is 32.2. The number of thioether (sulfide) groups is 1. The Hall–Kier alpha value is -0.970. The summed E-state index contributed by atoms with van der Waals surface area (Å²) in [6, 6.07) is -0.254.